The molecule has 0 aliphatic rings. The largest absolute Gasteiger partial charge is 0.380 e. The minimum atomic E-state index is 0.919. The standard InChI is InChI=1S/C13H15NS/c1-10-5-3-7-13(11(10)2)14-9-12-6-4-8-15-12/h3-8,14H,9H2,1-2H3. The van der Waals surface area contributed by atoms with E-state index < -0.39 is 0 Å². The molecule has 0 bridgehead atoms. The molecule has 15 heavy (non-hydrogen) atoms. The van der Waals surface area contributed by atoms with Gasteiger partial charge in [0.05, 0.1) is 0 Å². The lowest BCUT2D eigenvalue weighted by Crippen LogP contribution is -2.00. The van der Waals surface area contributed by atoms with Crippen LogP contribution in [0.2, 0.25) is 0 Å². The zero-order valence-electron chi connectivity index (χ0n) is 9.08. The molecular weight excluding hydrogens is 202 g/mol. The van der Waals surface area contributed by atoms with Gasteiger partial charge in [-0.15, -0.1) is 11.3 Å². The average Bonchev–Trinajstić information content (AvgIpc) is 2.73. The molecule has 0 radical (unpaired) electrons. The molecule has 0 aliphatic heterocycles. The molecule has 1 heterocycles. The van der Waals surface area contributed by atoms with Gasteiger partial charge in [-0.25, -0.2) is 0 Å². The lowest BCUT2D eigenvalue weighted by atomic mass is 10.1. The number of thiophene rings is 1. The first-order valence-corrected chi connectivity index (χ1v) is 5.98. The Morgan fingerprint density at radius 2 is 2.00 bits per heavy atom. The summed E-state index contributed by atoms with van der Waals surface area (Å²) in [6, 6.07) is 10.6. The summed E-state index contributed by atoms with van der Waals surface area (Å²) >= 11 is 1.79. The molecule has 0 saturated carbocycles. The Balaban J connectivity index is 2.08. The quantitative estimate of drug-likeness (QED) is 0.820. The molecule has 2 rings (SSSR count). The number of nitrogens with one attached hydrogen (secondary N) is 1. The van der Waals surface area contributed by atoms with Crippen molar-refractivity contribution in [2.24, 2.45) is 0 Å². The molecule has 78 valence electrons. The Bertz CT molecular complexity index is 432. The summed E-state index contributed by atoms with van der Waals surface area (Å²) in [5, 5.41) is 5.58. The van der Waals surface area contributed by atoms with E-state index in [-0.39, 0.29) is 0 Å². The summed E-state index contributed by atoms with van der Waals surface area (Å²) in [6.45, 7) is 5.22. The fraction of sp³-hybridized carbons (Fsp3) is 0.231. The van der Waals surface area contributed by atoms with Gasteiger partial charge in [-0.1, -0.05) is 18.2 Å². The van der Waals surface area contributed by atoms with Crippen molar-refractivity contribution in [1.82, 2.24) is 0 Å². The highest BCUT2D eigenvalue weighted by molar-refractivity contribution is 7.09. The number of anilines is 1. The van der Waals surface area contributed by atoms with Crippen LogP contribution in [0.5, 0.6) is 0 Å². The Morgan fingerprint density at radius 3 is 2.73 bits per heavy atom. The van der Waals surface area contributed by atoms with Gasteiger partial charge in [0.25, 0.3) is 0 Å². The van der Waals surface area contributed by atoms with E-state index in [9.17, 15) is 0 Å². The molecule has 0 atom stereocenters. The first-order valence-electron chi connectivity index (χ1n) is 5.10. The van der Waals surface area contributed by atoms with E-state index in [0.717, 1.165) is 6.54 Å². The third-order valence-corrected chi connectivity index (χ3v) is 3.51. The van der Waals surface area contributed by atoms with E-state index in [2.05, 4.69) is 54.9 Å². The van der Waals surface area contributed by atoms with Crippen LogP contribution in [0.3, 0.4) is 0 Å². The second-order valence-electron chi connectivity index (χ2n) is 3.68. The van der Waals surface area contributed by atoms with E-state index in [1.165, 1.54) is 21.7 Å². The Hall–Kier alpha value is -1.28. The van der Waals surface area contributed by atoms with Crippen molar-refractivity contribution in [1.29, 1.82) is 0 Å². The molecule has 0 spiro atoms. The SMILES string of the molecule is Cc1cccc(NCc2cccs2)c1C. The maximum atomic E-state index is 3.47. The monoisotopic (exact) mass is 217 g/mol. The number of hydrogen-bond acceptors (Lipinski definition) is 2. The second-order valence-corrected chi connectivity index (χ2v) is 4.71. The van der Waals surface area contributed by atoms with Gasteiger partial charge in [-0.2, -0.15) is 0 Å². The van der Waals surface area contributed by atoms with Crippen LogP contribution >= 0.6 is 11.3 Å². The highest BCUT2D eigenvalue weighted by atomic mass is 32.1. The van der Waals surface area contributed by atoms with Crippen LogP contribution in [-0.2, 0) is 6.54 Å². The summed E-state index contributed by atoms with van der Waals surface area (Å²) in [4.78, 5) is 1.37. The van der Waals surface area contributed by atoms with Crippen LogP contribution in [0.1, 0.15) is 16.0 Å². The lowest BCUT2D eigenvalue weighted by molar-refractivity contribution is 1.17. The highest BCUT2D eigenvalue weighted by Crippen LogP contribution is 2.19. The van der Waals surface area contributed by atoms with Crippen molar-refractivity contribution in [2.45, 2.75) is 20.4 Å². The molecule has 2 aromatic rings. The highest BCUT2D eigenvalue weighted by Gasteiger charge is 2.00. The number of benzene rings is 1. The van der Waals surface area contributed by atoms with Gasteiger partial charge >= 0.3 is 0 Å². The molecule has 0 aliphatic carbocycles. The van der Waals surface area contributed by atoms with Crippen LogP contribution in [0.4, 0.5) is 5.69 Å². The van der Waals surface area contributed by atoms with Crippen molar-refractivity contribution in [3.8, 4) is 0 Å². The zero-order chi connectivity index (χ0) is 10.7. The molecule has 1 N–H and O–H groups in total. The molecule has 1 aromatic carbocycles. The molecule has 1 nitrogen and oxygen atoms in total. The summed E-state index contributed by atoms with van der Waals surface area (Å²) in [5.41, 5.74) is 3.92. The predicted molar refractivity (Wildman–Crippen MR) is 67.6 cm³/mol. The van der Waals surface area contributed by atoms with Gasteiger partial charge < -0.3 is 5.32 Å². The Labute approximate surface area is 94.8 Å². The van der Waals surface area contributed by atoms with Gasteiger partial charge in [-0.3, -0.25) is 0 Å². The maximum absolute atomic E-state index is 3.47. The third kappa shape index (κ3) is 2.39. The van der Waals surface area contributed by atoms with E-state index in [0.29, 0.717) is 0 Å². The maximum Gasteiger partial charge on any atom is 0.0494 e. The van der Waals surface area contributed by atoms with Gasteiger partial charge in [0.1, 0.15) is 0 Å². The average molecular weight is 217 g/mol. The smallest absolute Gasteiger partial charge is 0.0494 e. The van der Waals surface area contributed by atoms with Crippen molar-refractivity contribution >= 4 is 17.0 Å². The molecule has 0 fully saturated rings. The van der Waals surface area contributed by atoms with Crippen LogP contribution in [-0.4, -0.2) is 0 Å². The summed E-state index contributed by atoms with van der Waals surface area (Å²) in [7, 11) is 0. The van der Waals surface area contributed by atoms with Crippen molar-refractivity contribution < 1.29 is 0 Å². The van der Waals surface area contributed by atoms with Crippen molar-refractivity contribution in [3.63, 3.8) is 0 Å². The first kappa shape index (κ1) is 10.2. The van der Waals surface area contributed by atoms with Gasteiger partial charge in [0.15, 0.2) is 0 Å². The minimum Gasteiger partial charge on any atom is -0.380 e. The lowest BCUT2D eigenvalue weighted by Gasteiger charge is -2.10. The van der Waals surface area contributed by atoms with Crippen molar-refractivity contribution in [3.05, 3.63) is 51.7 Å². The van der Waals surface area contributed by atoms with Crippen molar-refractivity contribution in [2.75, 3.05) is 5.32 Å². The number of hydrogen-bond donors (Lipinski definition) is 1. The molecule has 0 amide bonds. The van der Waals surface area contributed by atoms with Crippen LogP contribution in [0, 0.1) is 13.8 Å². The van der Waals surface area contributed by atoms with Gasteiger partial charge in [0.2, 0.25) is 0 Å². The van der Waals surface area contributed by atoms with Crippen LogP contribution < -0.4 is 5.32 Å². The zero-order valence-corrected chi connectivity index (χ0v) is 9.90. The Morgan fingerprint density at radius 1 is 1.13 bits per heavy atom. The topological polar surface area (TPSA) is 12.0 Å². The van der Waals surface area contributed by atoms with E-state index in [4.69, 9.17) is 0 Å². The summed E-state index contributed by atoms with van der Waals surface area (Å²) in [5.74, 6) is 0. The fourth-order valence-corrected chi connectivity index (χ4v) is 2.18. The second kappa shape index (κ2) is 4.49. The fourth-order valence-electron chi connectivity index (χ4n) is 1.54. The normalized spacial score (nSPS) is 10.3. The molecule has 2 heteroatoms. The van der Waals surface area contributed by atoms with Gasteiger partial charge in [-0.05, 0) is 42.5 Å². The van der Waals surface area contributed by atoms with Gasteiger partial charge in [0, 0.05) is 17.1 Å². The van der Waals surface area contributed by atoms with E-state index in [1.54, 1.807) is 11.3 Å². The molecular formula is C13H15NS. The molecule has 1 aromatic heterocycles. The van der Waals surface area contributed by atoms with E-state index >= 15 is 0 Å². The van der Waals surface area contributed by atoms with Crippen LogP contribution in [0.15, 0.2) is 35.7 Å². The van der Waals surface area contributed by atoms with Crippen LogP contribution in [0.25, 0.3) is 0 Å². The number of aryl methyl sites for hydroxylation is 1. The molecule has 0 unspecified atom stereocenters. The Kier molecular flexibility index (Phi) is 3.07. The summed E-state index contributed by atoms with van der Waals surface area (Å²) < 4.78 is 0. The number of rotatable bonds is 3. The first-order chi connectivity index (χ1) is 7.27. The third-order valence-electron chi connectivity index (χ3n) is 2.64. The minimum absolute atomic E-state index is 0.919. The predicted octanol–water partition coefficient (Wildman–Crippen LogP) is 3.98. The summed E-state index contributed by atoms with van der Waals surface area (Å²) in [6.07, 6.45) is 0. The molecule has 0 saturated heterocycles. The van der Waals surface area contributed by atoms with E-state index in [1.807, 2.05) is 0 Å².